The minimum atomic E-state index is 0.361. The van der Waals surface area contributed by atoms with Gasteiger partial charge in [-0.05, 0) is 37.1 Å². The molecule has 2 rings (SSSR count). The normalized spacial score (nSPS) is 10.4. The third-order valence-corrected chi connectivity index (χ3v) is 3.19. The van der Waals surface area contributed by atoms with Gasteiger partial charge in [-0.15, -0.1) is 0 Å². The van der Waals surface area contributed by atoms with Crippen molar-refractivity contribution < 1.29 is 4.74 Å². The molecule has 1 aromatic carbocycles. The number of hydrogen-bond donors (Lipinski definition) is 1. The highest BCUT2D eigenvalue weighted by Crippen LogP contribution is 2.25. The molecule has 0 radical (unpaired) electrons. The SMILES string of the molecule is Cc1cnc(COc2ccccc2Cl)c(C)c1N. The van der Waals surface area contributed by atoms with Crippen molar-refractivity contribution in [3.05, 3.63) is 52.3 Å². The minimum absolute atomic E-state index is 0.361. The van der Waals surface area contributed by atoms with Crippen LogP contribution in [0.25, 0.3) is 0 Å². The molecule has 0 unspecified atom stereocenters. The van der Waals surface area contributed by atoms with Crippen LogP contribution in [0.2, 0.25) is 5.02 Å². The van der Waals surface area contributed by atoms with Crippen LogP contribution in [0.4, 0.5) is 5.69 Å². The number of rotatable bonds is 3. The molecule has 0 fully saturated rings. The summed E-state index contributed by atoms with van der Waals surface area (Å²) in [4.78, 5) is 4.34. The lowest BCUT2D eigenvalue weighted by Crippen LogP contribution is -2.05. The first-order chi connectivity index (χ1) is 8.59. The van der Waals surface area contributed by atoms with Crippen molar-refractivity contribution >= 4 is 17.3 Å². The number of ether oxygens (including phenoxy) is 1. The summed E-state index contributed by atoms with van der Waals surface area (Å²) >= 11 is 6.02. The van der Waals surface area contributed by atoms with E-state index in [9.17, 15) is 0 Å². The number of aromatic nitrogens is 1. The van der Waals surface area contributed by atoms with Crippen LogP contribution in [0.3, 0.4) is 0 Å². The smallest absolute Gasteiger partial charge is 0.138 e. The third kappa shape index (κ3) is 2.57. The van der Waals surface area contributed by atoms with Gasteiger partial charge in [-0.1, -0.05) is 23.7 Å². The second-order valence-corrected chi connectivity index (χ2v) is 4.55. The molecule has 0 aliphatic carbocycles. The topological polar surface area (TPSA) is 48.1 Å². The van der Waals surface area contributed by atoms with Crippen LogP contribution in [0, 0.1) is 13.8 Å². The van der Waals surface area contributed by atoms with Gasteiger partial charge < -0.3 is 10.5 Å². The second kappa shape index (κ2) is 5.27. The number of nitrogens with zero attached hydrogens (tertiary/aromatic N) is 1. The Labute approximate surface area is 112 Å². The fourth-order valence-corrected chi connectivity index (χ4v) is 1.84. The Morgan fingerprint density at radius 1 is 1.28 bits per heavy atom. The van der Waals surface area contributed by atoms with Gasteiger partial charge in [0.1, 0.15) is 12.4 Å². The third-order valence-electron chi connectivity index (χ3n) is 2.88. The maximum absolute atomic E-state index is 6.02. The number of aryl methyl sites for hydroxylation is 1. The molecule has 0 saturated heterocycles. The van der Waals surface area contributed by atoms with Crippen molar-refractivity contribution in [1.82, 2.24) is 4.98 Å². The average Bonchev–Trinajstić information content (AvgIpc) is 2.37. The van der Waals surface area contributed by atoms with Crippen LogP contribution < -0.4 is 10.5 Å². The van der Waals surface area contributed by atoms with Crippen molar-refractivity contribution in [3.63, 3.8) is 0 Å². The number of halogens is 1. The summed E-state index contributed by atoms with van der Waals surface area (Å²) in [6.07, 6.45) is 1.76. The van der Waals surface area contributed by atoms with E-state index in [0.29, 0.717) is 17.4 Å². The van der Waals surface area contributed by atoms with E-state index in [1.807, 2.05) is 32.0 Å². The molecule has 0 aliphatic heterocycles. The summed E-state index contributed by atoms with van der Waals surface area (Å²) in [7, 11) is 0. The Morgan fingerprint density at radius 3 is 2.72 bits per heavy atom. The molecule has 0 atom stereocenters. The maximum atomic E-state index is 6.02. The van der Waals surface area contributed by atoms with Gasteiger partial charge in [0.05, 0.1) is 10.7 Å². The molecular weight excluding hydrogens is 248 g/mol. The van der Waals surface area contributed by atoms with Crippen molar-refractivity contribution in [1.29, 1.82) is 0 Å². The molecule has 4 heteroatoms. The standard InChI is InChI=1S/C14H15ClN2O/c1-9-7-17-12(10(2)14(9)16)8-18-13-6-4-3-5-11(13)15/h3-7H,8H2,1-2H3,(H2,16,17). The Hall–Kier alpha value is -1.74. The Bertz CT molecular complexity index is 570. The van der Waals surface area contributed by atoms with Crippen molar-refractivity contribution in [2.24, 2.45) is 0 Å². The number of para-hydroxylation sites is 1. The highest BCUT2D eigenvalue weighted by Gasteiger charge is 2.07. The summed E-state index contributed by atoms with van der Waals surface area (Å²) in [6.45, 7) is 4.24. The Balaban J connectivity index is 2.17. The molecule has 0 bridgehead atoms. The van der Waals surface area contributed by atoms with Crippen LogP contribution in [-0.4, -0.2) is 4.98 Å². The maximum Gasteiger partial charge on any atom is 0.138 e. The zero-order valence-corrected chi connectivity index (χ0v) is 11.2. The van der Waals surface area contributed by atoms with Gasteiger partial charge in [0.15, 0.2) is 0 Å². The summed E-state index contributed by atoms with van der Waals surface area (Å²) < 4.78 is 5.65. The van der Waals surface area contributed by atoms with Gasteiger partial charge in [0, 0.05) is 11.9 Å². The zero-order chi connectivity index (χ0) is 13.1. The van der Waals surface area contributed by atoms with Gasteiger partial charge in [-0.2, -0.15) is 0 Å². The molecule has 2 aromatic rings. The first kappa shape index (κ1) is 12.7. The van der Waals surface area contributed by atoms with Gasteiger partial charge in [0.25, 0.3) is 0 Å². The molecule has 0 amide bonds. The van der Waals surface area contributed by atoms with E-state index in [-0.39, 0.29) is 0 Å². The number of hydrogen-bond acceptors (Lipinski definition) is 3. The average molecular weight is 263 g/mol. The molecule has 94 valence electrons. The summed E-state index contributed by atoms with van der Waals surface area (Å²) in [6, 6.07) is 7.36. The molecule has 0 saturated carbocycles. The Morgan fingerprint density at radius 2 is 2.00 bits per heavy atom. The van der Waals surface area contributed by atoms with E-state index >= 15 is 0 Å². The number of anilines is 1. The Kier molecular flexibility index (Phi) is 3.72. The number of benzene rings is 1. The molecular formula is C14H15ClN2O. The fraction of sp³-hybridized carbons (Fsp3) is 0.214. The highest BCUT2D eigenvalue weighted by atomic mass is 35.5. The molecule has 0 spiro atoms. The van der Waals surface area contributed by atoms with Crippen LogP contribution in [0.1, 0.15) is 16.8 Å². The number of nitrogen functional groups attached to an aromatic ring is 1. The summed E-state index contributed by atoms with van der Waals surface area (Å²) in [5.41, 5.74) is 9.50. The van der Waals surface area contributed by atoms with Gasteiger partial charge in [-0.25, -0.2) is 0 Å². The summed E-state index contributed by atoms with van der Waals surface area (Å²) in [5, 5.41) is 0.593. The van der Waals surface area contributed by atoms with E-state index in [1.54, 1.807) is 12.3 Å². The van der Waals surface area contributed by atoms with Crippen molar-refractivity contribution in [2.75, 3.05) is 5.73 Å². The van der Waals surface area contributed by atoms with E-state index in [2.05, 4.69) is 4.98 Å². The lowest BCUT2D eigenvalue weighted by atomic mass is 10.1. The zero-order valence-electron chi connectivity index (χ0n) is 10.4. The molecule has 3 nitrogen and oxygen atoms in total. The van der Waals surface area contributed by atoms with E-state index in [0.717, 1.165) is 22.5 Å². The molecule has 2 N–H and O–H groups in total. The van der Waals surface area contributed by atoms with Crippen LogP contribution in [0.5, 0.6) is 5.75 Å². The predicted molar refractivity (Wildman–Crippen MR) is 73.9 cm³/mol. The second-order valence-electron chi connectivity index (χ2n) is 4.15. The van der Waals surface area contributed by atoms with Gasteiger partial charge in [-0.3, -0.25) is 4.98 Å². The van der Waals surface area contributed by atoms with Gasteiger partial charge in [0.2, 0.25) is 0 Å². The first-order valence-electron chi connectivity index (χ1n) is 5.67. The molecule has 1 aromatic heterocycles. The molecule has 0 aliphatic rings. The first-order valence-corrected chi connectivity index (χ1v) is 6.05. The largest absolute Gasteiger partial charge is 0.486 e. The van der Waals surface area contributed by atoms with Crippen LogP contribution in [0.15, 0.2) is 30.5 Å². The lowest BCUT2D eigenvalue weighted by Gasteiger charge is -2.11. The highest BCUT2D eigenvalue weighted by molar-refractivity contribution is 6.32. The van der Waals surface area contributed by atoms with Crippen molar-refractivity contribution in [2.45, 2.75) is 20.5 Å². The van der Waals surface area contributed by atoms with Crippen LogP contribution in [-0.2, 0) is 6.61 Å². The quantitative estimate of drug-likeness (QED) is 0.921. The minimum Gasteiger partial charge on any atom is -0.486 e. The predicted octanol–water partition coefficient (Wildman–Crippen LogP) is 3.51. The van der Waals surface area contributed by atoms with E-state index in [4.69, 9.17) is 22.1 Å². The van der Waals surface area contributed by atoms with E-state index in [1.165, 1.54) is 0 Å². The van der Waals surface area contributed by atoms with Gasteiger partial charge >= 0.3 is 0 Å². The van der Waals surface area contributed by atoms with Crippen molar-refractivity contribution in [3.8, 4) is 5.75 Å². The summed E-state index contributed by atoms with van der Waals surface area (Å²) in [5.74, 6) is 0.652. The van der Waals surface area contributed by atoms with Crippen LogP contribution >= 0.6 is 11.6 Å². The fourth-order valence-electron chi connectivity index (χ4n) is 1.65. The lowest BCUT2D eigenvalue weighted by molar-refractivity contribution is 0.300. The number of nitrogens with two attached hydrogens (primary N) is 1. The molecule has 1 heterocycles. The number of pyridine rings is 1. The molecule has 18 heavy (non-hydrogen) atoms. The van der Waals surface area contributed by atoms with E-state index < -0.39 is 0 Å². The monoisotopic (exact) mass is 262 g/mol.